The summed E-state index contributed by atoms with van der Waals surface area (Å²) in [6.45, 7) is 10.5. The molecule has 0 aliphatic heterocycles. The molecule has 0 amide bonds. The van der Waals surface area contributed by atoms with Crippen LogP contribution in [0.1, 0.15) is 65.2 Å². The zero-order chi connectivity index (χ0) is 13.9. The van der Waals surface area contributed by atoms with Crippen molar-refractivity contribution in [2.45, 2.75) is 59.4 Å². The molecule has 0 radical (unpaired) electrons. The first-order valence-corrected chi connectivity index (χ1v) is 7.69. The molecule has 0 bridgehead atoms. The Balaban J connectivity index is 1.71. The minimum absolute atomic E-state index is 0.329. The Morgan fingerprint density at radius 1 is 1.32 bits per heavy atom. The number of hydrogen-bond donors (Lipinski definition) is 2. The summed E-state index contributed by atoms with van der Waals surface area (Å²) in [7, 11) is 0. The average molecular weight is 263 g/mol. The standard InChI is InChI=1S/C16H29N3/c1-12(15-17-9-10-18-15)19-11-13-5-7-14(8-6-13)16(2,3)4/h9-10,12-14,19H,5-8,11H2,1-4H3,(H,17,18). The van der Waals surface area contributed by atoms with Crippen LogP contribution in [-0.2, 0) is 0 Å². The SMILES string of the molecule is CC(NCC1CCC(C(C)(C)C)CC1)c1ncc[nH]1. The predicted molar refractivity (Wildman–Crippen MR) is 79.9 cm³/mol. The van der Waals surface area contributed by atoms with Crippen LogP contribution >= 0.6 is 0 Å². The van der Waals surface area contributed by atoms with Gasteiger partial charge in [0.2, 0.25) is 0 Å². The average Bonchev–Trinajstić information content (AvgIpc) is 2.89. The Bertz CT molecular complexity index is 356. The van der Waals surface area contributed by atoms with Gasteiger partial charge in [-0.3, -0.25) is 0 Å². The summed E-state index contributed by atoms with van der Waals surface area (Å²) in [5.41, 5.74) is 0.486. The van der Waals surface area contributed by atoms with Crippen molar-refractivity contribution in [3.63, 3.8) is 0 Å². The molecule has 0 aromatic carbocycles. The Morgan fingerprint density at radius 2 is 2.00 bits per heavy atom. The van der Waals surface area contributed by atoms with Crippen LogP contribution in [0.3, 0.4) is 0 Å². The highest BCUT2D eigenvalue weighted by molar-refractivity contribution is 4.93. The summed E-state index contributed by atoms with van der Waals surface area (Å²) in [4.78, 5) is 7.48. The summed E-state index contributed by atoms with van der Waals surface area (Å²) >= 11 is 0. The molecule has 2 rings (SSSR count). The highest BCUT2D eigenvalue weighted by atomic mass is 15.0. The van der Waals surface area contributed by atoms with Crippen LogP contribution in [0.15, 0.2) is 12.4 Å². The monoisotopic (exact) mass is 263 g/mol. The zero-order valence-electron chi connectivity index (χ0n) is 12.9. The minimum Gasteiger partial charge on any atom is -0.347 e. The van der Waals surface area contributed by atoms with Crippen LogP contribution in [0.25, 0.3) is 0 Å². The Morgan fingerprint density at radius 3 is 2.53 bits per heavy atom. The van der Waals surface area contributed by atoms with Crippen molar-refractivity contribution in [3.8, 4) is 0 Å². The number of imidazole rings is 1. The van der Waals surface area contributed by atoms with E-state index in [4.69, 9.17) is 0 Å². The molecule has 1 aliphatic rings. The lowest BCUT2D eigenvalue weighted by Gasteiger charge is -2.37. The van der Waals surface area contributed by atoms with Crippen LogP contribution in [0.4, 0.5) is 0 Å². The molecule has 108 valence electrons. The first kappa shape index (κ1) is 14.6. The largest absolute Gasteiger partial charge is 0.347 e. The molecule has 3 nitrogen and oxygen atoms in total. The van der Waals surface area contributed by atoms with Crippen molar-refractivity contribution in [2.75, 3.05) is 6.54 Å². The molecule has 1 aromatic heterocycles. The lowest BCUT2D eigenvalue weighted by molar-refractivity contribution is 0.148. The zero-order valence-corrected chi connectivity index (χ0v) is 12.9. The van der Waals surface area contributed by atoms with Crippen molar-refractivity contribution in [1.82, 2.24) is 15.3 Å². The molecular formula is C16H29N3. The maximum atomic E-state index is 4.31. The van der Waals surface area contributed by atoms with E-state index >= 15 is 0 Å². The molecule has 1 aliphatic carbocycles. The number of rotatable bonds is 4. The third-order valence-corrected chi connectivity index (χ3v) is 4.71. The van der Waals surface area contributed by atoms with E-state index in [2.05, 4.69) is 43.0 Å². The first-order chi connectivity index (χ1) is 8.97. The predicted octanol–water partition coefficient (Wildman–Crippen LogP) is 3.91. The lowest BCUT2D eigenvalue weighted by atomic mass is 9.70. The molecule has 1 atom stereocenters. The van der Waals surface area contributed by atoms with Gasteiger partial charge >= 0.3 is 0 Å². The van der Waals surface area contributed by atoms with E-state index in [0.717, 1.165) is 24.2 Å². The Hall–Kier alpha value is -0.830. The fraction of sp³-hybridized carbons (Fsp3) is 0.812. The van der Waals surface area contributed by atoms with Gasteiger partial charge in [0.15, 0.2) is 0 Å². The normalized spacial score (nSPS) is 26.3. The number of nitrogens with zero attached hydrogens (tertiary/aromatic N) is 1. The molecular weight excluding hydrogens is 234 g/mol. The van der Waals surface area contributed by atoms with E-state index in [9.17, 15) is 0 Å². The van der Waals surface area contributed by atoms with Gasteiger partial charge in [0.1, 0.15) is 5.82 Å². The number of H-pyrrole nitrogens is 1. The summed E-state index contributed by atoms with van der Waals surface area (Å²) in [6.07, 6.45) is 9.25. The Labute approximate surface area is 117 Å². The third kappa shape index (κ3) is 4.07. The molecule has 2 N–H and O–H groups in total. The molecule has 0 spiro atoms. The minimum atomic E-state index is 0.329. The van der Waals surface area contributed by atoms with Gasteiger partial charge in [0.25, 0.3) is 0 Å². The van der Waals surface area contributed by atoms with E-state index in [1.165, 1.54) is 25.7 Å². The second-order valence-corrected chi connectivity index (χ2v) is 7.19. The molecule has 3 heteroatoms. The summed E-state index contributed by atoms with van der Waals surface area (Å²) < 4.78 is 0. The summed E-state index contributed by atoms with van der Waals surface area (Å²) in [6, 6.07) is 0.329. The van der Waals surface area contributed by atoms with Gasteiger partial charge in [-0.15, -0.1) is 0 Å². The molecule has 1 aromatic rings. The fourth-order valence-electron chi connectivity index (χ4n) is 3.19. The van der Waals surface area contributed by atoms with Gasteiger partial charge in [-0.25, -0.2) is 4.98 Å². The van der Waals surface area contributed by atoms with Crippen molar-refractivity contribution in [1.29, 1.82) is 0 Å². The van der Waals surface area contributed by atoms with Gasteiger partial charge in [0, 0.05) is 12.4 Å². The van der Waals surface area contributed by atoms with Crippen LogP contribution in [0, 0.1) is 17.3 Å². The van der Waals surface area contributed by atoms with E-state index < -0.39 is 0 Å². The molecule has 1 heterocycles. The second-order valence-electron chi connectivity index (χ2n) is 7.19. The van der Waals surface area contributed by atoms with Crippen LogP contribution in [0.5, 0.6) is 0 Å². The van der Waals surface area contributed by atoms with Crippen molar-refractivity contribution in [3.05, 3.63) is 18.2 Å². The van der Waals surface area contributed by atoms with E-state index in [0.29, 0.717) is 11.5 Å². The summed E-state index contributed by atoms with van der Waals surface area (Å²) in [5, 5.41) is 3.61. The fourth-order valence-corrected chi connectivity index (χ4v) is 3.19. The molecule has 1 unspecified atom stereocenters. The van der Waals surface area contributed by atoms with Gasteiger partial charge in [-0.2, -0.15) is 0 Å². The quantitative estimate of drug-likeness (QED) is 0.864. The van der Waals surface area contributed by atoms with Gasteiger partial charge in [-0.05, 0) is 56.4 Å². The smallest absolute Gasteiger partial charge is 0.122 e. The van der Waals surface area contributed by atoms with Crippen LogP contribution in [0.2, 0.25) is 0 Å². The molecule has 1 saturated carbocycles. The second kappa shape index (κ2) is 6.08. The summed E-state index contributed by atoms with van der Waals surface area (Å²) in [5.74, 6) is 2.80. The van der Waals surface area contributed by atoms with Crippen molar-refractivity contribution < 1.29 is 0 Å². The highest BCUT2D eigenvalue weighted by Gasteiger charge is 2.29. The van der Waals surface area contributed by atoms with Gasteiger partial charge in [0.05, 0.1) is 6.04 Å². The lowest BCUT2D eigenvalue weighted by Crippen LogP contribution is -2.32. The van der Waals surface area contributed by atoms with Crippen molar-refractivity contribution >= 4 is 0 Å². The van der Waals surface area contributed by atoms with Crippen LogP contribution < -0.4 is 5.32 Å². The maximum absolute atomic E-state index is 4.31. The molecule has 0 saturated heterocycles. The third-order valence-electron chi connectivity index (χ3n) is 4.71. The number of nitrogens with one attached hydrogen (secondary N) is 2. The van der Waals surface area contributed by atoms with E-state index in [1.54, 1.807) is 0 Å². The molecule has 1 fully saturated rings. The maximum Gasteiger partial charge on any atom is 0.122 e. The van der Waals surface area contributed by atoms with Crippen molar-refractivity contribution in [2.24, 2.45) is 17.3 Å². The Kier molecular flexibility index (Phi) is 4.67. The highest BCUT2D eigenvalue weighted by Crippen LogP contribution is 2.39. The van der Waals surface area contributed by atoms with Gasteiger partial charge in [-0.1, -0.05) is 20.8 Å². The van der Waals surface area contributed by atoms with E-state index in [1.807, 2.05) is 12.4 Å². The first-order valence-electron chi connectivity index (χ1n) is 7.69. The van der Waals surface area contributed by atoms with Crippen LogP contribution in [-0.4, -0.2) is 16.5 Å². The topological polar surface area (TPSA) is 40.7 Å². The number of hydrogen-bond acceptors (Lipinski definition) is 2. The number of aromatic amines is 1. The number of aromatic nitrogens is 2. The van der Waals surface area contributed by atoms with E-state index in [-0.39, 0.29) is 0 Å². The molecule has 19 heavy (non-hydrogen) atoms. The van der Waals surface area contributed by atoms with Gasteiger partial charge < -0.3 is 10.3 Å².